The molecule has 0 bridgehead atoms. The van der Waals surface area contributed by atoms with Crippen molar-refractivity contribution < 1.29 is 21.7 Å². The average molecular weight is 233 g/mol. The van der Waals surface area contributed by atoms with Crippen LogP contribution in [0.15, 0.2) is 0 Å². The minimum atomic E-state index is 0. The Labute approximate surface area is 112 Å². The van der Waals surface area contributed by atoms with Gasteiger partial charge in [0.1, 0.15) is 0 Å². The van der Waals surface area contributed by atoms with Crippen molar-refractivity contribution in [2.45, 2.75) is 6.92 Å². The molecule has 0 aromatic rings. The van der Waals surface area contributed by atoms with Crippen molar-refractivity contribution >= 4 is 0 Å². The molecular formula is C14H17Ti. The molecule has 2 saturated carbocycles. The van der Waals surface area contributed by atoms with Crippen molar-refractivity contribution in [2.75, 3.05) is 0 Å². The Morgan fingerprint density at radius 1 is 0.600 bits per heavy atom. The maximum absolute atomic E-state index is 3.44. The van der Waals surface area contributed by atoms with Gasteiger partial charge in [-0.15, -0.1) is 0 Å². The van der Waals surface area contributed by atoms with Crippen molar-refractivity contribution in [1.82, 2.24) is 0 Å². The van der Waals surface area contributed by atoms with Gasteiger partial charge >= 0.3 is 0 Å². The number of hydrogen-bond acceptors (Lipinski definition) is 0. The summed E-state index contributed by atoms with van der Waals surface area (Å²) in [6, 6.07) is 0. The fourth-order valence-electron chi connectivity index (χ4n) is 0.642. The van der Waals surface area contributed by atoms with E-state index in [0.717, 1.165) is 5.92 Å². The summed E-state index contributed by atoms with van der Waals surface area (Å²) in [7, 11) is 0. The maximum atomic E-state index is 3.44. The zero-order valence-electron chi connectivity index (χ0n) is 9.19. The van der Waals surface area contributed by atoms with Crippen molar-refractivity contribution in [1.29, 1.82) is 0 Å². The van der Waals surface area contributed by atoms with E-state index < -0.39 is 0 Å². The van der Waals surface area contributed by atoms with Crippen LogP contribution in [-0.2, 0) is 21.7 Å². The van der Waals surface area contributed by atoms with Gasteiger partial charge in [-0.25, -0.2) is 0 Å². The molecule has 2 aliphatic rings. The summed E-state index contributed by atoms with van der Waals surface area (Å²) in [4.78, 5) is 0. The molecule has 0 aromatic carbocycles. The van der Waals surface area contributed by atoms with E-state index in [1.165, 1.54) is 0 Å². The molecule has 1 heteroatoms. The zero-order chi connectivity index (χ0) is 10.6. The van der Waals surface area contributed by atoms with E-state index >= 15 is 0 Å². The molecule has 2 aliphatic carbocycles. The third-order valence-electron chi connectivity index (χ3n) is 1.11. The molecule has 0 nitrogen and oxygen atoms in total. The Bertz CT molecular complexity index is 63.5. The molecule has 2 rings (SSSR count). The molecule has 77 valence electrons. The number of hydrogen-bond donors (Lipinski definition) is 0. The van der Waals surface area contributed by atoms with Crippen molar-refractivity contribution in [3.05, 3.63) is 84.0 Å². The first-order valence-corrected chi connectivity index (χ1v) is 4.54. The van der Waals surface area contributed by atoms with E-state index in [0.29, 0.717) is 0 Å². The van der Waals surface area contributed by atoms with Gasteiger partial charge in [-0.2, -0.15) is 0 Å². The Balaban J connectivity index is 0. The Morgan fingerprint density at radius 2 is 0.667 bits per heavy atom. The molecule has 0 saturated heterocycles. The first-order valence-electron chi connectivity index (χ1n) is 4.54. The smallest absolute Gasteiger partial charge is 0 e. The molecule has 0 N–H and O–H groups in total. The van der Waals surface area contributed by atoms with Gasteiger partial charge in [-0.05, 0) is 84.0 Å². The van der Waals surface area contributed by atoms with E-state index in [1.807, 2.05) is 71.1 Å². The fraction of sp³-hybridized carbons (Fsp3) is 0.0714. The molecule has 0 aliphatic heterocycles. The van der Waals surface area contributed by atoms with Gasteiger partial charge in [-0.3, -0.25) is 0 Å². The molecule has 15 heavy (non-hydrogen) atoms. The SMILES string of the molecule is [CH2][C]([CH2])C.[CH]1[CH][CH][CH][CH]1.[CH]1[CH][CH][CH][CH]1.[Ti]. The monoisotopic (exact) mass is 233 g/mol. The van der Waals surface area contributed by atoms with Crippen LogP contribution < -0.4 is 0 Å². The van der Waals surface area contributed by atoms with Crippen LogP contribution in [0.25, 0.3) is 0 Å². The minimum absolute atomic E-state index is 0. The van der Waals surface area contributed by atoms with Crippen LogP contribution in [0, 0.1) is 84.0 Å². The summed E-state index contributed by atoms with van der Waals surface area (Å²) < 4.78 is 0. The zero-order valence-corrected chi connectivity index (χ0v) is 10.7. The Morgan fingerprint density at radius 3 is 0.733 bits per heavy atom. The maximum Gasteiger partial charge on any atom is 0 e. The second-order valence-electron chi connectivity index (χ2n) is 2.88. The standard InChI is InChI=1S/2C5H5.C4H7.Ti/c2*1-2-4-5-3-1;1-4(2)3;/h2*1-5H;1-2H2,3H3;. The van der Waals surface area contributed by atoms with Crippen LogP contribution in [0.5, 0.6) is 0 Å². The van der Waals surface area contributed by atoms with E-state index in [1.54, 1.807) is 0 Å². The van der Waals surface area contributed by atoms with Crippen LogP contribution in [0.2, 0.25) is 0 Å². The first kappa shape index (κ1) is 18.1. The quantitative estimate of drug-likeness (QED) is 0.563. The van der Waals surface area contributed by atoms with Gasteiger partial charge in [0.15, 0.2) is 0 Å². The first-order chi connectivity index (χ1) is 6.73. The molecule has 0 heterocycles. The largest absolute Gasteiger partial charge is 0.0591 e. The third-order valence-corrected chi connectivity index (χ3v) is 1.11. The second-order valence-corrected chi connectivity index (χ2v) is 2.88. The molecule has 0 unspecified atom stereocenters. The van der Waals surface area contributed by atoms with Gasteiger partial charge in [0.25, 0.3) is 0 Å². The fourth-order valence-corrected chi connectivity index (χ4v) is 0.642. The minimum Gasteiger partial charge on any atom is -0.0591 e. The third kappa shape index (κ3) is 20.7. The van der Waals surface area contributed by atoms with Crippen LogP contribution in [-0.4, -0.2) is 0 Å². The van der Waals surface area contributed by atoms with Crippen LogP contribution >= 0.6 is 0 Å². The summed E-state index contributed by atoms with van der Waals surface area (Å²) in [6.07, 6.45) is 20.0. The number of rotatable bonds is 0. The van der Waals surface area contributed by atoms with E-state index in [9.17, 15) is 0 Å². The predicted octanol–water partition coefficient (Wildman–Crippen LogP) is 3.29. The molecule has 0 aromatic heterocycles. The van der Waals surface area contributed by atoms with E-state index in [-0.39, 0.29) is 21.7 Å². The average Bonchev–Trinajstić information content (AvgIpc) is 2.83. The van der Waals surface area contributed by atoms with Crippen molar-refractivity contribution in [3.8, 4) is 0 Å². The van der Waals surface area contributed by atoms with Gasteiger partial charge < -0.3 is 0 Å². The van der Waals surface area contributed by atoms with E-state index in [2.05, 4.69) is 13.8 Å². The summed E-state index contributed by atoms with van der Waals surface area (Å²) in [5.41, 5.74) is 0. The normalized spacial score (nSPS) is 18.4. The van der Waals surface area contributed by atoms with Crippen LogP contribution in [0.1, 0.15) is 6.92 Å². The van der Waals surface area contributed by atoms with Crippen LogP contribution in [0.4, 0.5) is 0 Å². The predicted molar refractivity (Wildman–Crippen MR) is 62.6 cm³/mol. The topological polar surface area (TPSA) is 0 Å². The summed E-state index contributed by atoms with van der Waals surface area (Å²) in [6.45, 7) is 8.75. The molecule has 2 fully saturated rings. The second kappa shape index (κ2) is 14.7. The molecule has 13 radical (unpaired) electrons. The van der Waals surface area contributed by atoms with Gasteiger partial charge in [0.2, 0.25) is 0 Å². The molecule has 0 atom stereocenters. The molecule has 0 spiro atoms. The van der Waals surface area contributed by atoms with Gasteiger partial charge in [0.05, 0.1) is 0 Å². The van der Waals surface area contributed by atoms with Crippen molar-refractivity contribution in [3.63, 3.8) is 0 Å². The molecular weight excluding hydrogens is 216 g/mol. The van der Waals surface area contributed by atoms with Gasteiger partial charge in [0, 0.05) is 21.7 Å². The van der Waals surface area contributed by atoms with E-state index in [4.69, 9.17) is 0 Å². The van der Waals surface area contributed by atoms with Crippen molar-refractivity contribution in [2.24, 2.45) is 0 Å². The Hall–Kier alpha value is 0.714. The summed E-state index contributed by atoms with van der Waals surface area (Å²) in [5, 5.41) is 0. The summed E-state index contributed by atoms with van der Waals surface area (Å²) in [5.74, 6) is 0.917. The van der Waals surface area contributed by atoms with Crippen LogP contribution in [0.3, 0.4) is 0 Å². The Kier molecular flexibility index (Phi) is 17.7. The summed E-state index contributed by atoms with van der Waals surface area (Å²) >= 11 is 0. The molecule has 0 amide bonds. The van der Waals surface area contributed by atoms with Gasteiger partial charge in [-0.1, -0.05) is 6.92 Å².